The van der Waals surface area contributed by atoms with Crippen LogP contribution in [-0.4, -0.2) is 133 Å². The number of aromatic amines is 2. The fraction of sp³-hybridized carbons (Fsp3) is 0.490. The maximum absolute atomic E-state index is 14.3. The van der Waals surface area contributed by atoms with Crippen molar-refractivity contribution in [2.75, 3.05) is 40.6 Å². The van der Waals surface area contributed by atoms with Crippen molar-refractivity contribution in [3.8, 4) is 33.8 Å². The number of benzene rings is 2. The number of imidazole rings is 2. The fourth-order valence-corrected chi connectivity index (χ4v) is 11.4. The van der Waals surface area contributed by atoms with Gasteiger partial charge in [0.25, 0.3) is 0 Å². The van der Waals surface area contributed by atoms with Gasteiger partial charge in [0.1, 0.15) is 23.7 Å². The van der Waals surface area contributed by atoms with Crippen LogP contribution < -0.4 is 5.32 Å². The second-order valence-corrected chi connectivity index (χ2v) is 19.0. The number of carbonyl (C=O) groups excluding carboxylic acids is 3. The molecule has 5 aromatic rings. The van der Waals surface area contributed by atoms with Crippen LogP contribution in [0.3, 0.4) is 0 Å². The summed E-state index contributed by atoms with van der Waals surface area (Å²) in [6.07, 6.45) is 8.09. The maximum atomic E-state index is 14.3. The van der Waals surface area contributed by atoms with Gasteiger partial charge >= 0.3 is 12.2 Å². The lowest BCUT2D eigenvalue weighted by molar-refractivity contribution is -0.141. The molecule has 4 aliphatic heterocycles. The third kappa shape index (κ3) is 7.84. The number of hydrogen-bond donors (Lipinski definition) is 4. The summed E-state index contributed by atoms with van der Waals surface area (Å²) in [5.74, 6) is 1.90. The summed E-state index contributed by atoms with van der Waals surface area (Å²) in [7, 11) is 2.82. The van der Waals surface area contributed by atoms with Crippen molar-refractivity contribution < 1.29 is 38.5 Å². The number of carboxylic acid groups (broad SMARTS) is 1. The lowest BCUT2D eigenvalue weighted by Crippen LogP contribution is -2.54. The van der Waals surface area contributed by atoms with Crippen molar-refractivity contribution in [2.45, 2.75) is 87.6 Å². The first-order valence-corrected chi connectivity index (χ1v) is 23.4. The van der Waals surface area contributed by atoms with Crippen molar-refractivity contribution in [3.63, 3.8) is 0 Å². The molecule has 344 valence electrons. The number of likely N-dealkylation sites (tertiary alicyclic amines) is 2. The Bertz CT molecular complexity index is 2660. The van der Waals surface area contributed by atoms with Gasteiger partial charge in [-0.2, -0.15) is 0 Å². The monoisotopic (exact) mass is 897 g/mol. The lowest BCUT2D eigenvalue weighted by Gasteiger charge is -2.38. The number of methoxy groups -OCH3 is 1. The van der Waals surface area contributed by atoms with Gasteiger partial charge in [-0.15, -0.1) is 0 Å². The van der Waals surface area contributed by atoms with Crippen molar-refractivity contribution >= 4 is 34.9 Å². The van der Waals surface area contributed by atoms with Crippen molar-refractivity contribution in [3.05, 3.63) is 78.6 Å². The summed E-state index contributed by atoms with van der Waals surface area (Å²) in [4.78, 5) is 79.7. The summed E-state index contributed by atoms with van der Waals surface area (Å²) in [6.45, 7) is 2.16. The van der Waals surface area contributed by atoms with Gasteiger partial charge in [0.2, 0.25) is 11.8 Å². The molecule has 8 atom stereocenters. The highest BCUT2D eigenvalue weighted by Crippen LogP contribution is 2.55. The van der Waals surface area contributed by atoms with E-state index >= 15 is 0 Å². The highest BCUT2D eigenvalue weighted by molar-refractivity contribution is 5.89. The molecular formula is C49H55N9O8. The molecule has 4 N–H and O–H groups in total. The molecule has 7 heterocycles. The number of ether oxygens (including phenoxy) is 3. The molecule has 0 bridgehead atoms. The molecule has 17 heteroatoms. The number of nitrogens with one attached hydrogen (secondary N) is 3. The Balaban J connectivity index is 0.771. The molecular weight excluding hydrogens is 843 g/mol. The molecule has 66 heavy (non-hydrogen) atoms. The maximum Gasteiger partial charge on any atom is 0.407 e. The standard InChI is InChI=1S/C49H55N9O8/c1-56(49(62)63)43(29-13-17-66-18-14-29)47(60)58-39-21-33(39)23-41(58)45-51-25-37(54-45)35-10-8-31-19-30(7-9-34(31)52-35)26-3-5-27(6-4-26)36-24-50-44(53-36)40-22-32-20-38(32)57(40)46(59)42(55-48(61)64-2)28-11-15-65-16-12-28/h3-10,19,24-25,28-29,32-33,38-43H,11-18,20-23H2,1-2H3,(H,50,53)(H,51,54)(H,55,61)(H,62,63)/t32-,33+,38+,39+,40-,41-,42-,43-/m0/s1. The summed E-state index contributed by atoms with van der Waals surface area (Å²) in [5.41, 5.74) is 6.27. The molecule has 0 unspecified atom stereocenters. The van der Waals surface area contributed by atoms with Gasteiger partial charge in [-0.1, -0.05) is 36.4 Å². The van der Waals surface area contributed by atoms with E-state index in [2.05, 4.69) is 57.7 Å². The van der Waals surface area contributed by atoms with E-state index in [1.54, 1.807) is 6.20 Å². The number of nitrogens with zero attached hydrogens (tertiary/aromatic N) is 6. The zero-order valence-corrected chi connectivity index (χ0v) is 37.1. The van der Waals surface area contributed by atoms with E-state index in [1.807, 2.05) is 28.1 Å². The Labute approximate surface area is 381 Å². The van der Waals surface area contributed by atoms with Crippen LogP contribution in [0.25, 0.3) is 44.7 Å². The number of amides is 4. The van der Waals surface area contributed by atoms with Gasteiger partial charge in [-0.3, -0.25) is 14.5 Å². The van der Waals surface area contributed by atoms with E-state index in [-0.39, 0.29) is 47.8 Å². The Hall–Kier alpha value is -6.33. The number of pyridine rings is 1. The lowest BCUT2D eigenvalue weighted by atomic mass is 9.89. The first-order valence-electron chi connectivity index (χ1n) is 23.4. The SMILES string of the molecule is COC(=O)N[C@H](C(=O)N1[C@@H]2C[C@H]2C[C@H]1c1ncc(-c2ccc(-c3ccc4nc(-c5cnc([C@@H]6C[C@H]7C[C@H]7N6C(=O)[C@H](C6CCOCC6)N(C)C(=O)O)[nH]5)ccc4c3)cc2)[nH]1)C1CCOCC1. The van der Waals surface area contributed by atoms with Crippen molar-refractivity contribution in [1.29, 1.82) is 0 Å². The molecule has 6 aliphatic rings. The quantitative estimate of drug-likeness (QED) is 0.112. The van der Waals surface area contributed by atoms with Gasteiger partial charge in [0.15, 0.2) is 0 Å². The van der Waals surface area contributed by atoms with Gasteiger partial charge < -0.3 is 44.4 Å². The molecule has 2 saturated carbocycles. The first kappa shape index (κ1) is 42.3. The number of likely N-dealkylation sites (N-methyl/N-ethyl adjacent to an activating group) is 1. The predicted octanol–water partition coefficient (Wildman–Crippen LogP) is 6.56. The smallest absolute Gasteiger partial charge is 0.407 e. The predicted molar refractivity (Wildman–Crippen MR) is 241 cm³/mol. The van der Waals surface area contributed by atoms with Crippen LogP contribution in [0, 0.1) is 23.7 Å². The van der Waals surface area contributed by atoms with Crippen LogP contribution in [0.15, 0.2) is 67.0 Å². The molecule has 4 amide bonds. The number of carbonyl (C=O) groups is 4. The molecule has 3 aromatic heterocycles. The second-order valence-electron chi connectivity index (χ2n) is 19.0. The highest BCUT2D eigenvalue weighted by atomic mass is 16.5. The van der Waals surface area contributed by atoms with E-state index in [0.29, 0.717) is 69.8 Å². The number of piperidine rings is 2. The van der Waals surface area contributed by atoms with Crippen LogP contribution in [0.4, 0.5) is 9.59 Å². The third-order valence-corrected chi connectivity index (χ3v) is 15.2. The second kappa shape index (κ2) is 17.1. The summed E-state index contributed by atoms with van der Waals surface area (Å²) >= 11 is 0. The first-order chi connectivity index (χ1) is 32.1. The van der Waals surface area contributed by atoms with Gasteiger partial charge in [0.05, 0.1) is 54.2 Å². The molecule has 2 aromatic carbocycles. The largest absolute Gasteiger partial charge is 0.465 e. The van der Waals surface area contributed by atoms with Crippen molar-refractivity contribution in [1.82, 2.24) is 44.9 Å². The van der Waals surface area contributed by atoms with Gasteiger partial charge in [-0.25, -0.2) is 24.5 Å². The number of fused-ring (bicyclic) bond motifs is 3. The summed E-state index contributed by atoms with van der Waals surface area (Å²) in [5, 5.41) is 13.8. The van der Waals surface area contributed by atoms with Crippen LogP contribution in [0.5, 0.6) is 0 Å². The molecule has 6 fully saturated rings. The number of hydrogen-bond acceptors (Lipinski definition) is 10. The van der Waals surface area contributed by atoms with Crippen LogP contribution >= 0.6 is 0 Å². The zero-order valence-electron chi connectivity index (χ0n) is 37.1. The Morgan fingerprint density at radius 2 is 1.32 bits per heavy atom. The Kier molecular flexibility index (Phi) is 11.0. The van der Waals surface area contributed by atoms with E-state index in [9.17, 15) is 24.3 Å². The third-order valence-electron chi connectivity index (χ3n) is 15.2. The van der Waals surface area contributed by atoms with Crippen molar-refractivity contribution in [2.24, 2.45) is 23.7 Å². The van der Waals surface area contributed by atoms with Gasteiger partial charge in [0, 0.05) is 50.9 Å². The highest BCUT2D eigenvalue weighted by Gasteiger charge is 2.58. The minimum absolute atomic E-state index is 0.0271. The average molecular weight is 898 g/mol. The van der Waals surface area contributed by atoms with E-state index in [4.69, 9.17) is 29.2 Å². The molecule has 17 nitrogen and oxygen atoms in total. The number of alkyl carbamates (subject to hydrolysis) is 1. The molecule has 4 saturated heterocycles. The van der Waals surface area contributed by atoms with Crippen LogP contribution in [0.2, 0.25) is 0 Å². The number of H-pyrrole nitrogens is 2. The normalized spacial score (nSPS) is 25.8. The van der Waals surface area contributed by atoms with Gasteiger partial charge in [-0.05, 0) is 110 Å². The van der Waals surface area contributed by atoms with E-state index in [0.717, 1.165) is 76.2 Å². The Morgan fingerprint density at radius 3 is 1.95 bits per heavy atom. The fourth-order valence-electron chi connectivity index (χ4n) is 11.4. The van der Waals surface area contributed by atoms with Crippen LogP contribution in [-0.2, 0) is 23.8 Å². The molecule has 2 aliphatic carbocycles. The summed E-state index contributed by atoms with van der Waals surface area (Å²) < 4.78 is 16.0. The molecule has 0 spiro atoms. The molecule has 11 rings (SSSR count). The zero-order chi connectivity index (χ0) is 45.2. The average Bonchev–Trinajstić information content (AvgIpc) is 3.93. The van der Waals surface area contributed by atoms with E-state index < -0.39 is 24.3 Å². The Morgan fingerprint density at radius 1 is 0.742 bits per heavy atom. The van der Waals surface area contributed by atoms with Crippen LogP contribution in [0.1, 0.15) is 75.1 Å². The summed E-state index contributed by atoms with van der Waals surface area (Å²) in [6, 6.07) is 16.9. The number of aromatic nitrogens is 5. The number of rotatable bonds is 11. The minimum Gasteiger partial charge on any atom is -0.465 e. The topological polar surface area (TPSA) is 208 Å². The van der Waals surface area contributed by atoms with E-state index in [1.165, 1.54) is 19.1 Å². The molecule has 0 radical (unpaired) electrons. The minimum atomic E-state index is -1.11.